The second-order valence-electron chi connectivity index (χ2n) is 2.16. The van der Waals surface area contributed by atoms with Crippen molar-refractivity contribution in [2.24, 2.45) is 0 Å². The Hall–Kier alpha value is -0.780. The average molecular weight is 184 g/mol. The molecule has 0 saturated heterocycles. The van der Waals surface area contributed by atoms with Crippen molar-refractivity contribution in [3.05, 3.63) is 35.4 Å². The van der Waals surface area contributed by atoms with Gasteiger partial charge in [0.05, 0.1) is 0 Å². The highest BCUT2D eigenvalue weighted by atomic mass is 13.9. The van der Waals surface area contributed by atoms with Crippen LogP contribution < -0.4 is 0 Å². The van der Waals surface area contributed by atoms with Crippen molar-refractivity contribution in [2.45, 2.75) is 50.0 Å². The van der Waals surface area contributed by atoms with Gasteiger partial charge in [-0.1, -0.05) is 71.5 Å². The molecule has 0 aliphatic carbocycles. The maximum Gasteiger partial charge on any atom is -0.0398 e. The minimum absolute atomic E-state index is 0. The summed E-state index contributed by atoms with van der Waals surface area (Å²) < 4.78 is 0. The van der Waals surface area contributed by atoms with Gasteiger partial charge in [0, 0.05) is 0 Å². The molecule has 0 aliphatic rings. The van der Waals surface area contributed by atoms with Gasteiger partial charge in [-0.05, 0) is 13.8 Å². The molecule has 1 aromatic rings. The summed E-state index contributed by atoms with van der Waals surface area (Å²) in [5.74, 6) is 0. The van der Waals surface area contributed by atoms with Crippen LogP contribution in [0.1, 0.15) is 47.3 Å². The molecule has 0 aromatic heterocycles. The number of hydrogen-bond donors (Lipinski definition) is 0. The quantitative estimate of drug-likeness (QED) is 0.517. The largest absolute Gasteiger partial charge is 0.0776 e. The summed E-state index contributed by atoms with van der Waals surface area (Å²) in [6.45, 7) is 8.21. The third kappa shape index (κ3) is 11.2. The van der Waals surface area contributed by atoms with Crippen molar-refractivity contribution in [3.63, 3.8) is 0 Å². The monoisotopic (exact) mass is 184 g/mol. The molecule has 0 amide bonds. The van der Waals surface area contributed by atoms with Gasteiger partial charge in [0.15, 0.2) is 0 Å². The second-order valence-corrected chi connectivity index (χ2v) is 2.16. The Morgan fingerprint density at radius 2 is 1.08 bits per heavy atom. The van der Waals surface area contributed by atoms with Crippen molar-refractivity contribution < 1.29 is 0 Å². The van der Waals surface area contributed by atoms with E-state index in [9.17, 15) is 0 Å². The molecule has 0 unspecified atom stereocenters. The van der Waals surface area contributed by atoms with E-state index in [2.05, 4.69) is 38.1 Å². The lowest BCUT2D eigenvalue weighted by Gasteiger charge is -1.90. The Labute approximate surface area is 86.0 Å². The average Bonchev–Trinajstić information content (AvgIpc) is 1.91. The number of benzene rings is 1. The van der Waals surface area contributed by atoms with Crippen LogP contribution in [-0.2, 0) is 0 Å². The van der Waals surface area contributed by atoms with Crippen molar-refractivity contribution in [3.8, 4) is 0 Å². The molecule has 80 valence electrons. The lowest BCUT2D eigenvalue weighted by molar-refractivity contribution is 1.39. The van der Waals surface area contributed by atoms with E-state index >= 15 is 0 Å². The van der Waals surface area contributed by atoms with E-state index in [0.717, 1.165) is 0 Å². The van der Waals surface area contributed by atoms with E-state index in [1.54, 1.807) is 0 Å². The van der Waals surface area contributed by atoms with E-state index < -0.39 is 0 Å². The number of hydrogen-bond acceptors (Lipinski definition) is 0. The van der Waals surface area contributed by atoms with Crippen LogP contribution in [0.2, 0.25) is 0 Å². The van der Waals surface area contributed by atoms with E-state index in [1.807, 2.05) is 13.8 Å². The highest BCUT2D eigenvalue weighted by Gasteiger charge is 1.80. The molecule has 0 N–H and O–H groups in total. The van der Waals surface area contributed by atoms with Gasteiger partial charge in [0.2, 0.25) is 0 Å². The lowest BCUT2D eigenvalue weighted by Crippen LogP contribution is -1.71. The van der Waals surface area contributed by atoms with E-state index in [1.165, 1.54) is 11.1 Å². The molecule has 0 nitrogen and oxygen atoms in total. The molecule has 0 saturated carbocycles. The smallest absolute Gasteiger partial charge is 0.0398 e. The van der Waals surface area contributed by atoms with Gasteiger partial charge >= 0.3 is 0 Å². The van der Waals surface area contributed by atoms with E-state index in [0.29, 0.717) is 0 Å². The minimum atomic E-state index is 0. The van der Waals surface area contributed by atoms with Crippen LogP contribution in [0.4, 0.5) is 0 Å². The Morgan fingerprint density at radius 3 is 1.23 bits per heavy atom. The fraction of sp³-hybridized carbons (Fsp3) is 0.538. The topological polar surface area (TPSA) is 0 Å². The predicted molar refractivity (Wildman–Crippen MR) is 67.5 cm³/mol. The van der Waals surface area contributed by atoms with Gasteiger partial charge < -0.3 is 0 Å². The van der Waals surface area contributed by atoms with Crippen LogP contribution in [0.15, 0.2) is 24.3 Å². The third-order valence-electron chi connectivity index (χ3n) is 1.17. The van der Waals surface area contributed by atoms with Crippen molar-refractivity contribution in [1.29, 1.82) is 0 Å². The molecule has 1 rings (SSSR count). The van der Waals surface area contributed by atoms with Gasteiger partial charge in [-0.2, -0.15) is 0 Å². The van der Waals surface area contributed by atoms with E-state index in [4.69, 9.17) is 0 Å². The molecule has 0 heteroatoms. The first-order valence-electron chi connectivity index (χ1n) is 3.82. The SMILES string of the molecule is C.C.C.CC.Cc1cccc(C)c1. The third-order valence-corrected chi connectivity index (χ3v) is 1.17. The summed E-state index contributed by atoms with van der Waals surface area (Å²) in [5, 5.41) is 0. The van der Waals surface area contributed by atoms with Gasteiger partial charge in [-0.25, -0.2) is 0 Å². The summed E-state index contributed by atoms with van der Waals surface area (Å²) >= 11 is 0. The van der Waals surface area contributed by atoms with Crippen LogP contribution >= 0.6 is 0 Å². The van der Waals surface area contributed by atoms with Crippen LogP contribution in [-0.4, -0.2) is 0 Å². The standard InChI is InChI=1S/C8H10.C2H6.3CH4/c1-7-4-3-5-8(2)6-7;1-2;;;/h3-6H,1-2H3;1-2H3;3*1H4. The van der Waals surface area contributed by atoms with Crippen molar-refractivity contribution in [2.75, 3.05) is 0 Å². The summed E-state index contributed by atoms with van der Waals surface area (Å²) in [6.07, 6.45) is 0. The Balaban J connectivity index is -0.0000000761. The maximum absolute atomic E-state index is 2.17. The lowest BCUT2D eigenvalue weighted by atomic mass is 10.2. The molecule has 0 heterocycles. The van der Waals surface area contributed by atoms with E-state index in [-0.39, 0.29) is 22.3 Å². The fourth-order valence-corrected chi connectivity index (χ4v) is 0.807. The van der Waals surface area contributed by atoms with Gasteiger partial charge in [0.25, 0.3) is 0 Å². The zero-order valence-electron chi connectivity index (χ0n) is 7.31. The molecule has 0 radical (unpaired) electrons. The summed E-state index contributed by atoms with van der Waals surface area (Å²) in [7, 11) is 0. The molecular weight excluding hydrogens is 156 g/mol. The maximum atomic E-state index is 2.17. The number of aryl methyl sites for hydroxylation is 2. The highest BCUT2D eigenvalue weighted by molar-refractivity contribution is 5.20. The first kappa shape index (κ1) is 22.8. The molecule has 1 aromatic carbocycles. The zero-order chi connectivity index (χ0) is 7.98. The van der Waals surface area contributed by atoms with Gasteiger partial charge in [-0.15, -0.1) is 0 Å². The van der Waals surface area contributed by atoms with Crippen molar-refractivity contribution in [1.82, 2.24) is 0 Å². The Morgan fingerprint density at radius 1 is 0.769 bits per heavy atom. The predicted octanol–water partition coefficient (Wildman–Crippen LogP) is 5.24. The summed E-state index contributed by atoms with van der Waals surface area (Å²) in [4.78, 5) is 0. The van der Waals surface area contributed by atoms with Crippen LogP contribution in [0, 0.1) is 13.8 Å². The number of rotatable bonds is 0. The molecule has 0 aliphatic heterocycles. The molecule has 13 heavy (non-hydrogen) atoms. The highest BCUT2D eigenvalue weighted by Crippen LogP contribution is 2.00. The normalized spacial score (nSPS) is 6.15. The zero-order valence-corrected chi connectivity index (χ0v) is 7.31. The van der Waals surface area contributed by atoms with Gasteiger partial charge in [0.1, 0.15) is 0 Å². The minimum Gasteiger partial charge on any atom is -0.0776 e. The Bertz CT molecular complexity index is 160. The molecule has 0 atom stereocenters. The molecule has 0 bridgehead atoms. The van der Waals surface area contributed by atoms with Crippen molar-refractivity contribution >= 4 is 0 Å². The summed E-state index contributed by atoms with van der Waals surface area (Å²) in [6, 6.07) is 8.45. The van der Waals surface area contributed by atoms with Crippen LogP contribution in [0.5, 0.6) is 0 Å². The molecule has 0 spiro atoms. The molecule has 0 fully saturated rings. The summed E-state index contributed by atoms with van der Waals surface area (Å²) in [5.41, 5.74) is 2.68. The van der Waals surface area contributed by atoms with Gasteiger partial charge in [-0.3, -0.25) is 0 Å². The first-order valence-corrected chi connectivity index (χ1v) is 3.82. The second kappa shape index (κ2) is 13.8. The van der Waals surface area contributed by atoms with Crippen LogP contribution in [0.25, 0.3) is 0 Å². The first-order chi connectivity index (χ1) is 4.79. The fourth-order valence-electron chi connectivity index (χ4n) is 0.807. The Kier molecular flexibility index (Phi) is 24.1. The molecular formula is C13H28. The van der Waals surface area contributed by atoms with Crippen LogP contribution in [0.3, 0.4) is 0 Å².